The van der Waals surface area contributed by atoms with Crippen molar-refractivity contribution in [3.8, 4) is 17.0 Å². The summed E-state index contributed by atoms with van der Waals surface area (Å²) in [6.07, 6.45) is 1.15. The number of rotatable bonds is 3. The van der Waals surface area contributed by atoms with E-state index >= 15 is 0 Å². The Morgan fingerprint density at radius 3 is 2.81 bits per heavy atom. The molecule has 3 aromatic rings. The highest BCUT2D eigenvalue weighted by Crippen LogP contribution is 2.42. The van der Waals surface area contributed by atoms with Gasteiger partial charge in [0, 0.05) is 11.8 Å². The van der Waals surface area contributed by atoms with Gasteiger partial charge in [-0.1, -0.05) is 12.1 Å². The van der Waals surface area contributed by atoms with E-state index in [1.54, 1.807) is 29.7 Å². The van der Waals surface area contributed by atoms with Gasteiger partial charge in [-0.05, 0) is 25.1 Å². The van der Waals surface area contributed by atoms with Crippen LogP contribution in [0.5, 0.6) is 5.75 Å². The molecule has 1 atom stereocenters. The minimum absolute atomic E-state index is 0.0931. The van der Waals surface area contributed by atoms with Gasteiger partial charge in [0.2, 0.25) is 0 Å². The fourth-order valence-electron chi connectivity index (χ4n) is 3.07. The Labute approximate surface area is 149 Å². The Hall–Kier alpha value is -2.94. The Kier molecular flexibility index (Phi) is 3.69. The van der Waals surface area contributed by atoms with Crippen molar-refractivity contribution in [2.24, 2.45) is 0 Å². The van der Waals surface area contributed by atoms with E-state index in [0.717, 1.165) is 18.1 Å². The molecular formula is C17H15N3O5S. The number of hydrogen-bond donors (Lipinski definition) is 0. The Balaban J connectivity index is 2.06. The average molecular weight is 373 g/mol. The second-order valence-corrected chi connectivity index (χ2v) is 7.74. The van der Waals surface area contributed by atoms with Crippen LogP contribution in [0.2, 0.25) is 0 Å². The summed E-state index contributed by atoms with van der Waals surface area (Å²) in [6.45, 7) is 1.89. The highest BCUT2D eigenvalue weighted by molar-refractivity contribution is 7.90. The molecule has 1 aliphatic rings. The minimum Gasteiger partial charge on any atom is -0.462 e. The molecule has 4 rings (SSSR count). The predicted molar refractivity (Wildman–Crippen MR) is 92.4 cm³/mol. The molecule has 1 unspecified atom stereocenters. The van der Waals surface area contributed by atoms with Crippen molar-refractivity contribution < 1.29 is 22.7 Å². The van der Waals surface area contributed by atoms with Crippen LogP contribution in [0.4, 0.5) is 0 Å². The zero-order chi connectivity index (χ0) is 18.5. The van der Waals surface area contributed by atoms with Gasteiger partial charge >= 0.3 is 5.97 Å². The molecule has 0 fully saturated rings. The van der Waals surface area contributed by atoms with Crippen LogP contribution in [0.3, 0.4) is 0 Å². The van der Waals surface area contributed by atoms with Gasteiger partial charge in [-0.15, -0.1) is 0 Å². The monoisotopic (exact) mass is 373 g/mol. The number of para-hydroxylation sites is 1. The first-order valence-corrected chi connectivity index (χ1v) is 9.79. The van der Waals surface area contributed by atoms with E-state index in [1.807, 2.05) is 12.1 Å². The lowest BCUT2D eigenvalue weighted by Gasteiger charge is -2.27. The highest BCUT2D eigenvalue weighted by atomic mass is 32.2. The van der Waals surface area contributed by atoms with Gasteiger partial charge in [0.15, 0.2) is 14.9 Å². The second kappa shape index (κ2) is 5.80. The standard InChI is InChI=1S/C17H15N3O5S/c1-3-24-17(21)16-20-12(10-6-4-5-7-13(10)25-16)8-11-14(20)18-9-19-15(11)26(2,22)23/h4-9,16H,3H2,1-2H3. The zero-order valence-corrected chi connectivity index (χ0v) is 14.9. The number of hydrogen-bond acceptors (Lipinski definition) is 7. The maximum Gasteiger partial charge on any atom is 0.369 e. The van der Waals surface area contributed by atoms with Crippen LogP contribution in [0.15, 0.2) is 41.7 Å². The summed E-state index contributed by atoms with van der Waals surface area (Å²) >= 11 is 0. The van der Waals surface area contributed by atoms with Crippen molar-refractivity contribution >= 4 is 26.8 Å². The molecule has 26 heavy (non-hydrogen) atoms. The lowest BCUT2D eigenvalue weighted by Crippen LogP contribution is -2.30. The topological polar surface area (TPSA) is 100 Å². The first kappa shape index (κ1) is 16.5. The number of carbonyl (C=O) groups is 1. The SMILES string of the molecule is CCOC(=O)C1Oc2ccccc2-c2cc3c(S(C)(=O)=O)ncnc3n21. The third-order valence-electron chi connectivity index (χ3n) is 4.07. The van der Waals surface area contributed by atoms with Gasteiger partial charge in [0.25, 0.3) is 6.23 Å². The van der Waals surface area contributed by atoms with E-state index in [1.165, 1.54) is 0 Å². The third kappa shape index (κ3) is 2.43. The van der Waals surface area contributed by atoms with Crippen LogP contribution < -0.4 is 4.74 Å². The summed E-state index contributed by atoms with van der Waals surface area (Å²) in [5.74, 6) is -0.0741. The summed E-state index contributed by atoms with van der Waals surface area (Å²) in [5, 5.41) is 0.240. The summed E-state index contributed by atoms with van der Waals surface area (Å²) in [7, 11) is -3.58. The van der Waals surface area contributed by atoms with Crippen molar-refractivity contribution in [1.29, 1.82) is 0 Å². The van der Waals surface area contributed by atoms with Gasteiger partial charge in [-0.3, -0.25) is 4.57 Å². The molecule has 1 aliphatic heterocycles. The molecule has 9 heteroatoms. The van der Waals surface area contributed by atoms with Crippen LogP contribution in [0, 0.1) is 0 Å². The Morgan fingerprint density at radius 1 is 1.31 bits per heavy atom. The van der Waals surface area contributed by atoms with Crippen LogP contribution in [-0.2, 0) is 19.4 Å². The van der Waals surface area contributed by atoms with Gasteiger partial charge in [0.05, 0.1) is 17.7 Å². The van der Waals surface area contributed by atoms with Crippen LogP contribution in [0.1, 0.15) is 13.2 Å². The maximum absolute atomic E-state index is 12.5. The number of fused-ring (bicyclic) bond motifs is 5. The zero-order valence-electron chi connectivity index (χ0n) is 14.0. The first-order chi connectivity index (χ1) is 12.4. The molecule has 1 aromatic carbocycles. The summed E-state index contributed by atoms with van der Waals surface area (Å²) < 4.78 is 36.7. The third-order valence-corrected chi connectivity index (χ3v) is 5.10. The lowest BCUT2D eigenvalue weighted by molar-refractivity contribution is -0.156. The van der Waals surface area contributed by atoms with Crippen LogP contribution in [0.25, 0.3) is 22.3 Å². The number of esters is 1. The summed E-state index contributed by atoms with van der Waals surface area (Å²) in [6, 6.07) is 8.86. The van der Waals surface area contributed by atoms with E-state index in [2.05, 4.69) is 9.97 Å². The van der Waals surface area contributed by atoms with E-state index in [-0.39, 0.29) is 11.6 Å². The molecule has 0 bridgehead atoms. The van der Waals surface area contributed by atoms with Crippen molar-refractivity contribution in [2.45, 2.75) is 18.2 Å². The molecule has 0 saturated heterocycles. The molecule has 0 radical (unpaired) electrons. The Bertz CT molecular complexity index is 1140. The molecule has 0 aliphatic carbocycles. The maximum atomic E-state index is 12.5. The van der Waals surface area contributed by atoms with E-state index in [0.29, 0.717) is 22.5 Å². The van der Waals surface area contributed by atoms with Crippen LogP contribution in [-0.4, -0.2) is 41.8 Å². The fraction of sp³-hybridized carbons (Fsp3) is 0.235. The highest BCUT2D eigenvalue weighted by Gasteiger charge is 2.35. The van der Waals surface area contributed by atoms with Gasteiger partial charge in [-0.25, -0.2) is 23.2 Å². The summed E-state index contributed by atoms with van der Waals surface area (Å²) in [5.41, 5.74) is 1.64. The number of ether oxygens (including phenoxy) is 2. The van der Waals surface area contributed by atoms with Gasteiger partial charge in [0.1, 0.15) is 17.7 Å². The molecule has 134 valence electrons. The molecule has 0 spiro atoms. The van der Waals surface area contributed by atoms with Crippen molar-refractivity contribution in [1.82, 2.24) is 14.5 Å². The molecule has 0 saturated carbocycles. The molecule has 2 aromatic heterocycles. The minimum atomic E-state index is -3.58. The van der Waals surface area contributed by atoms with E-state index < -0.39 is 22.0 Å². The van der Waals surface area contributed by atoms with Crippen molar-refractivity contribution in [2.75, 3.05) is 12.9 Å². The Morgan fingerprint density at radius 2 is 2.08 bits per heavy atom. The summed E-state index contributed by atoms with van der Waals surface area (Å²) in [4.78, 5) is 20.6. The first-order valence-electron chi connectivity index (χ1n) is 7.90. The predicted octanol–water partition coefficient (Wildman–Crippen LogP) is 1.96. The second-order valence-electron chi connectivity index (χ2n) is 5.81. The molecular weight excluding hydrogens is 358 g/mol. The fourth-order valence-corrected chi connectivity index (χ4v) is 3.86. The number of carbonyl (C=O) groups excluding carboxylic acids is 1. The number of sulfone groups is 1. The molecule has 3 heterocycles. The van der Waals surface area contributed by atoms with E-state index in [4.69, 9.17) is 9.47 Å². The smallest absolute Gasteiger partial charge is 0.369 e. The molecule has 0 N–H and O–H groups in total. The lowest BCUT2D eigenvalue weighted by atomic mass is 10.1. The molecule has 0 amide bonds. The van der Waals surface area contributed by atoms with Crippen LogP contribution >= 0.6 is 0 Å². The number of aromatic nitrogens is 3. The normalized spacial score (nSPS) is 15.8. The van der Waals surface area contributed by atoms with Crippen molar-refractivity contribution in [3.63, 3.8) is 0 Å². The molecule has 8 nitrogen and oxygen atoms in total. The largest absolute Gasteiger partial charge is 0.462 e. The average Bonchev–Trinajstić information content (AvgIpc) is 3.00. The van der Waals surface area contributed by atoms with E-state index in [9.17, 15) is 13.2 Å². The number of nitrogens with zero attached hydrogens (tertiary/aromatic N) is 3. The van der Waals surface area contributed by atoms with Gasteiger partial charge in [-0.2, -0.15) is 0 Å². The number of benzene rings is 1. The van der Waals surface area contributed by atoms with Gasteiger partial charge < -0.3 is 9.47 Å². The van der Waals surface area contributed by atoms with Crippen molar-refractivity contribution in [3.05, 3.63) is 36.7 Å². The quantitative estimate of drug-likeness (QED) is 0.511.